The van der Waals surface area contributed by atoms with Gasteiger partial charge in [0.15, 0.2) is 0 Å². The number of unbranched alkanes of at least 4 members (excludes halogenated alkanes) is 11. The van der Waals surface area contributed by atoms with Crippen LogP contribution in [-0.4, -0.2) is 30.8 Å². The van der Waals surface area contributed by atoms with Gasteiger partial charge in [0.1, 0.15) is 6.10 Å². The number of carbonyl (C=O) groups is 1. The zero-order chi connectivity index (χ0) is 20.4. The van der Waals surface area contributed by atoms with Gasteiger partial charge in [-0.25, -0.2) is 0 Å². The minimum atomic E-state index is -3.78. The Hall–Kier alpha value is -0.880. The van der Waals surface area contributed by atoms with Crippen LogP contribution < -0.4 is 0 Å². The van der Waals surface area contributed by atoms with E-state index in [0.29, 0.717) is 6.42 Å². The fourth-order valence-corrected chi connectivity index (χ4v) is 3.59. The minimum Gasteiger partial charge on any atom is -0.458 e. The highest BCUT2D eigenvalue weighted by atomic mass is 32.2. The molecule has 0 bridgehead atoms. The van der Waals surface area contributed by atoms with Crippen LogP contribution in [0.3, 0.4) is 0 Å². The number of allylic oxidation sites excluding steroid dienone is 1. The van der Waals surface area contributed by atoms with E-state index in [1.54, 1.807) is 0 Å². The van der Waals surface area contributed by atoms with Crippen molar-refractivity contribution in [3.8, 4) is 0 Å². The van der Waals surface area contributed by atoms with Gasteiger partial charge in [-0.15, -0.1) is 0 Å². The summed E-state index contributed by atoms with van der Waals surface area (Å²) in [5.74, 6) is -0.319. The van der Waals surface area contributed by atoms with Crippen LogP contribution in [0.4, 0.5) is 0 Å². The summed E-state index contributed by atoms with van der Waals surface area (Å²) >= 11 is 0. The molecular weight excluding hydrogens is 364 g/mol. The van der Waals surface area contributed by atoms with Gasteiger partial charge in [-0.3, -0.25) is 9.35 Å². The van der Waals surface area contributed by atoms with Gasteiger partial charge < -0.3 is 4.74 Å². The lowest BCUT2D eigenvalue weighted by molar-refractivity contribution is -0.144. The summed E-state index contributed by atoms with van der Waals surface area (Å²) in [5.41, 5.74) is 0. The van der Waals surface area contributed by atoms with Crippen molar-refractivity contribution in [1.82, 2.24) is 0 Å². The Morgan fingerprint density at radius 3 is 1.93 bits per heavy atom. The molecule has 160 valence electrons. The molecule has 0 aromatic rings. The van der Waals surface area contributed by atoms with Crippen molar-refractivity contribution in [2.24, 2.45) is 0 Å². The first-order valence-electron chi connectivity index (χ1n) is 10.6. The molecule has 0 saturated heterocycles. The zero-order valence-corrected chi connectivity index (χ0v) is 18.1. The number of rotatable bonds is 18. The molecule has 6 heteroatoms. The lowest BCUT2D eigenvalue weighted by Gasteiger charge is -2.12. The second-order valence-electron chi connectivity index (χ2n) is 7.33. The van der Waals surface area contributed by atoms with Crippen molar-refractivity contribution >= 4 is 16.1 Å². The third-order valence-corrected chi connectivity index (χ3v) is 5.34. The monoisotopic (exact) mass is 404 g/mol. The first-order valence-corrected chi connectivity index (χ1v) is 12.2. The van der Waals surface area contributed by atoms with E-state index >= 15 is 0 Å². The van der Waals surface area contributed by atoms with E-state index in [9.17, 15) is 13.2 Å². The summed E-state index contributed by atoms with van der Waals surface area (Å²) in [6, 6.07) is 0. The summed E-state index contributed by atoms with van der Waals surface area (Å²) < 4.78 is 35.1. The van der Waals surface area contributed by atoms with Gasteiger partial charge in [-0.05, 0) is 38.2 Å². The number of hydrogen-bond donors (Lipinski definition) is 1. The first kappa shape index (κ1) is 26.1. The average Bonchev–Trinajstić information content (AvgIpc) is 2.58. The molecule has 1 atom stereocenters. The minimum absolute atomic E-state index is 0.0695. The number of carbonyl (C=O) groups excluding carboxylic acids is 1. The fraction of sp³-hybridized carbons (Fsp3) is 0.857. The van der Waals surface area contributed by atoms with Crippen molar-refractivity contribution in [3.05, 3.63) is 12.2 Å². The van der Waals surface area contributed by atoms with Crippen molar-refractivity contribution in [2.75, 3.05) is 5.75 Å². The van der Waals surface area contributed by atoms with Crippen LogP contribution >= 0.6 is 0 Å². The molecule has 0 aromatic heterocycles. The van der Waals surface area contributed by atoms with Crippen molar-refractivity contribution in [3.63, 3.8) is 0 Å². The molecular formula is C21H40O5S. The van der Waals surface area contributed by atoms with Crippen LogP contribution in [0.5, 0.6) is 0 Å². The van der Waals surface area contributed by atoms with Gasteiger partial charge in [-0.2, -0.15) is 8.42 Å². The number of hydrogen-bond acceptors (Lipinski definition) is 4. The molecule has 0 aliphatic rings. The van der Waals surface area contributed by atoms with Crippen LogP contribution in [0.2, 0.25) is 0 Å². The van der Waals surface area contributed by atoms with Gasteiger partial charge in [0.05, 0.1) is 5.75 Å². The third-order valence-electron chi connectivity index (χ3n) is 4.53. The van der Waals surface area contributed by atoms with E-state index in [0.717, 1.165) is 44.9 Å². The summed E-state index contributed by atoms with van der Waals surface area (Å²) in [5, 5.41) is 0. The summed E-state index contributed by atoms with van der Waals surface area (Å²) in [7, 11) is -3.78. The molecule has 5 nitrogen and oxygen atoms in total. The Bertz CT molecular complexity index is 485. The van der Waals surface area contributed by atoms with Gasteiger partial charge in [0, 0.05) is 6.92 Å². The SMILES string of the molecule is CCCC[C@H](/C=C\CCCCCCCCCCCCS(=O)(=O)O)OC(C)=O. The summed E-state index contributed by atoms with van der Waals surface area (Å²) in [6.45, 7) is 3.60. The van der Waals surface area contributed by atoms with Crippen molar-refractivity contribution in [1.29, 1.82) is 0 Å². The summed E-state index contributed by atoms with van der Waals surface area (Å²) in [6.07, 6.45) is 19.2. The van der Waals surface area contributed by atoms with E-state index in [2.05, 4.69) is 13.0 Å². The molecule has 1 N–H and O–H groups in total. The van der Waals surface area contributed by atoms with Gasteiger partial charge in [-0.1, -0.05) is 70.8 Å². The molecule has 27 heavy (non-hydrogen) atoms. The van der Waals surface area contributed by atoms with E-state index in [-0.39, 0.29) is 17.8 Å². The average molecular weight is 405 g/mol. The number of esters is 1. The maximum Gasteiger partial charge on any atom is 0.303 e. The molecule has 0 rings (SSSR count). The standard InChI is InChI=1S/C21H40O5S/c1-3-4-17-21(26-20(2)22)18-15-13-11-9-7-5-6-8-10-12-14-16-19-27(23,24)25/h15,18,21H,3-14,16-17,19H2,1-2H3,(H,23,24,25)/b18-15-/t21-/m1/s1. The highest BCUT2D eigenvalue weighted by Gasteiger charge is 2.06. The smallest absolute Gasteiger partial charge is 0.303 e. The van der Waals surface area contributed by atoms with Crippen LogP contribution in [0, 0.1) is 0 Å². The predicted molar refractivity (Wildman–Crippen MR) is 111 cm³/mol. The predicted octanol–water partition coefficient (Wildman–Crippen LogP) is 5.84. The van der Waals surface area contributed by atoms with E-state index < -0.39 is 10.1 Å². The molecule has 0 amide bonds. The Kier molecular flexibility index (Phi) is 16.7. The first-order chi connectivity index (χ1) is 12.8. The highest BCUT2D eigenvalue weighted by Crippen LogP contribution is 2.13. The van der Waals surface area contributed by atoms with E-state index in [1.807, 2.05) is 6.08 Å². The van der Waals surface area contributed by atoms with Crippen LogP contribution in [-0.2, 0) is 19.6 Å². The molecule has 0 fully saturated rings. The Balaban J connectivity index is 3.48. The number of ether oxygens (including phenoxy) is 1. The molecule has 0 unspecified atom stereocenters. The van der Waals surface area contributed by atoms with Gasteiger partial charge >= 0.3 is 5.97 Å². The van der Waals surface area contributed by atoms with E-state index in [4.69, 9.17) is 9.29 Å². The molecule has 0 aromatic carbocycles. The highest BCUT2D eigenvalue weighted by molar-refractivity contribution is 7.85. The van der Waals surface area contributed by atoms with Crippen LogP contribution in [0.1, 0.15) is 104 Å². The molecule has 0 heterocycles. The maximum absolute atomic E-state index is 11.1. The molecule has 0 aliphatic carbocycles. The Morgan fingerprint density at radius 1 is 0.926 bits per heavy atom. The largest absolute Gasteiger partial charge is 0.458 e. The fourth-order valence-electron chi connectivity index (χ4n) is 3.02. The Labute approximate surface area is 166 Å². The second-order valence-corrected chi connectivity index (χ2v) is 8.90. The lowest BCUT2D eigenvalue weighted by atomic mass is 10.1. The molecule has 0 spiro atoms. The van der Waals surface area contributed by atoms with Crippen LogP contribution in [0.25, 0.3) is 0 Å². The van der Waals surface area contributed by atoms with Crippen molar-refractivity contribution < 1.29 is 22.5 Å². The second kappa shape index (κ2) is 17.2. The van der Waals surface area contributed by atoms with Crippen molar-refractivity contribution in [2.45, 2.75) is 110 Å². The Morgan fingerprint density at radius 2 is 1.44 bits per heavy atom. The van der Waals surface area contributed by atoms with Crippen LogP contribution in [0.15, 0.2) is 12.2 Å². The molecule has 0 radical (unpaired) electrons. The van der Waals surface area contributed by atoms with Gasteiger partial charge in [0.25, 0.3) is 10.1 Å². The molecule has 0 aliphatic heterocycles. The topological polar surface area (TPSA) is 80.7 Å². The summed E-state index contributed by atoms with van der Waals surface area (Å²) in [4.78, 5) is 11.1. The normalized spacial score (nSPS) is 13.1. The molecule has 0 saturated carbocycles. The zero-order valence-electron chi connectivity index (χ0n) is 17.3. The lowest BCUT2D eigenvalue weighted by Crippen LogP contribution is -2.13. The van der Waals surface area contributed by atoms with Gasteiger partial charge in [0.2, 0.25) is 0 Å². The quantitative estimate of drug-likeness (QED) is 0.134. The van der Waals surface area contributed by atoms with E-state index in [1.165, 1.54) is 45.4 Å². The maximum atomic E-state index is 11.1. The third kappa shape index (κ3) is 21.3.